The molecule has 0 aliphatic carbocycles. The maximum Gasteiger partial charge on any atom is 0.405 e. The molecular weight excluding hydrogens is 392 g/mol. The molecule has 162 valence electrons. The quantitative estimate of drug-likeness (QED) is 0.404. The second kappa shape index (κ2) is 8.66. The summed E-state index contributed by atoms with van der Waals surface area (Å²) < 4.78 is 6.66. The molecule has 29 heavy (non-hydrogen) atoms. The van der Waals surface area contributed by atoms with Crippen LogP contribution in [-0.2, 0) is 4.43 Å². The second-order valence-corrected chi connectivity index (χ2v) is 13.8. The minimum Gasteiger partial charge on any atom is -0.465 e. The summed E-state index contributed by atoms with van der Waals surface area (Å²) in [4.78, 5) is 28.2. The Hall–Kier alpha value is -2.20. The van der Waals surface area contributed by atoms with Gasteiger partial charge in [0.05, 0.1) is 17.1 Å². The number of hydrogen-bond donors (Lipinski definition) is 2. The van der Waals surface area contributed by atoms with Crippen LogP contribution in [0.2, 0.25) is 18.1 Å². The van der Waals surface area contributed by atoms with Gasteiger partial charge in [-0.1, -0.05) is 27.7 Å². The number of aromatic nitrogens is 1. The Morgan fingerprint density at radius 2 is 2.10 bits per heavy atom. The molecule has 1 saturated heterocycles. The van der Waals surface area contributed by atoms with Crippen molar-refractivity contribution in [2.24, 2.45) is 5.92 Å². The van der Waals surface area contributed by atoms with Crippen LogP contribution >= 0.6 is 0 Å². The van der Waals surface area contributed by atoms with E-state index in [2.05, 4.69) is 44.2 Å². The van der Waals surface area contributed by atoms with E-state index < -0.39 is 25.4 Å². The molecule has 10 heteroatoms. The molecule has 1 aliphatic heterocycles. The van der Waals surface area contributed by atoms with Crippen molar-refractivity contribution in [2.45, 2.75) is 64.4 Å². The molecule has 2 heterocycles. The predicted molar refractivity (Wildman–Crippen MR) is 114 cm³/mol. The monoisotopic (exact) mass is 424 g/mol. The van der Waals surface area contributed by atoms with E-state index in [1.165, 1.54) is 12.4 Å². The summed E-state index contributed by atoms with van der Waals surface area (Å²) in [5.74, 6) is 0.0301. The van der Waals surface area contributed by atoms with Crippen molar-refractivity contribution >= 4 is 25.8 Å². The highest BCUT2D eigenvalue weighted by molar-refractivity contribution is 6.74. The van der Waals surface area contributed by atoms with Crippen molar-refractivity contribution in [3.8, 4) is 0 Å². The average molecular weight is 425 g/mol. The van der Waals surface area contributed by atoms with E-state index >= 15 is 0 Å². The van der Waals surface area contributed by atoms with E-state index in [-0.39, 0.29) is 22.7 Å². The third-order valence-corrected chi connectivity index (χ3v) is 10.6. The van der Waals surface area contributed by atoms with E-state index in [1.807, 2.05) is 11.8 Å². The van der Waals surface area contributed by atoms with Gasteiger partial charge >= 0.3 is 11.8 Å². The van der Waals surface area contributed by atoms with Crippen LogP contribution in [0.3, 0.4) is 0 Å². The molecule has 0 spiro atoms. The van der Waals surface area contributed by atoms with Crippen LogP contribution in [0, 0.1) is 16.0 Å². The Kier molecular flexibility index (Phi) is 6.89. The molecule has 1 aromatic heterocycles. The van der Waals surface area contributed by atoms with Gasteiger partial charge in [-0.3, -0.25) is 15.1 Å². The molecule has 1 aromatic rings. The van der Waals surface area contributed by atoms with Gasteiger partial charge in [0.1, 0.15) is 11.9 Å². The van der Waals surface area contributed by atoms with Gasteiger partial charge < -0.3 is 19.7 Å². The number of hydrogen-bond acceptors (Lipinski definition) is 6. The normalized spacial score (nSPS) is 23.0. The maximum atomic E-state index is 11.5. The lowest BCUT2D eigenvalue weighted by atomic mass is 9.88. The summed E-state index contributed by atoms with van der Waals surface area (Å²) in [5, 5.41) is 23.4. The molecule has 1 aliphatic rings. The van der Waals surface area contributed by atoms with Crippen LogP contribution in [0.4, 0.5) is 16.2 Å². The first-order valence-electron chi connectivity index (χ1n) is 9.88. The average Bonchev–Trinajstić information content (AvgIpc) is 2.61. The molecule has 0 unspecified atom stereocenters. The number of nitrogens with zero attached hydrogens (tertiary/aromatic N) is 3. The largest absolute Gasteiger partial charge is 0.465 e. The predicted octanol–water partition coefficient (Wildman–Crippen LogP) is 3.86. The Bertz CT molecular complexity index is 752. The first kappa shape index (κ1) is 23.1. The fourth-order valence-corrected chi connectivity index (χ4v) is 4.85. The number of nitrogens with one attached hydrogen (secondary N) is 1. The van der Waals surface area contributed by atoms with Crippen molar-refractivity contribution in [3.63, 3.8) is 0 Å². The topological polar surface area (TPSA) is 118 Å². The van der Waals surface area contributed by atoms with Crippen LogP contribution in [0.25, 0.3) is 0 Å². The Morgan fingerprint density at radius 3 is 2.62 bits per heavy atom. The summed E-state index contributed by atoms with van der Waals surface area (Å²) >= 11 is 0. The number of rotatable bonds is 6. The van der Waals surface area contributed by atoms with Gasteiger partial charge in [-0.2, -0.15) is 0 Å². The molecule has 1 fully saturated rings. The highest BCUT2D eigenvalue weighted by Gasteiger charge is 2.46. The summed E-state index contributed by atoms with van der Waals surface area (Å²) in [6.07, 6.45) is 2.11. The molecule has 2 rings (SSSR count). The van der Waals surface area contributed by atoms with Crippen molar-refractivity contribution in [1.82, 2.24) is 10.3 Å². The van der Waals surface area contributed by atoms with Crippen LogP contribution in [-0.4, -0.2) is 54.7 Å². The SMILES string of the molecule is CC[C@H]1CN(c2ccncc2[N+](=O)[O-])C[C@@H](NC(=O)O)[C@H]1O[Si](C)(C)C(C)(C)C. The number of piperidine rings is 1. The number of pyridine rings is 1. The molecule has 0 bridgehead atoms. The van der Waals surface area contributed by atoms with Gasteiger partial charge in [-0.15, -0.1) is 0 Å². The molecular formula is C19H32N4O5Si. The Labute approximate surface area is 172 Å². The smallest absolute Gasteiger partial charge is 0.405 e. The second-order valence-electron chi connectivity index (χ2n) is 9.09. The molecule has 2 N–H and O–H groups in total. The molecule has 0 saturated carbocycles. The highest BCUT2D eigenvalue weighted by atomic mass is 28.4. The zero-order valence-electron chi connectivity index (χ0n) is 18.0. The van der Waals surface area contributed by atoms with Crippen LogP contribution in [0.1, 0.15) is 34.1 Å². The van der Waals surface area contributed by atoms with E-state index in [0.29, 0.717) is 18.8 Å². The van der Waals surface area contributed by atoms with Gasteiger partial charge in [0.25, 0.3) is 0 Å². The van der Waals surface area contributed by atoms with Crippen molar-refractivity contribution in [1.29, 1.82) is 0 Å². The standard InChI is InChI=1S/C19H32N4O5Si/c1-7-13-11-22(15-8-9-20-10-16(15)23(26)27)12-14(21-18(24)25)17(13)28-29(5,6)19(2,3)4/h8-10,13-14,17,21H,7,11-12H2,1-6H3,(H,24,25)/t13-,14+,17-/m0/s1. The summed E-state index contributed by atoms with van der Waals surface area (Å²) in [6, 6.07) is 1.12. The van der Waals surface area contributed by atoms with Crippen molar-refractivity contribution < 1.29 is 19.3 Å². The van der Waals surface area contributed by atoms with Crippen molar-refractivity contribution in [2.75, 3.05) is 18.0 Å². The van der Waals surface area contributed by atoms with E-state index in [1.54, 1.807) is 6.07 Å². The maximum absolute atomic E-state index is 11.5. The van der Waals surface area contributed by atoms with Gasteiger partial charge in [-0.05, 0) is 30.6 Å². The lowest BCUT2D eigenvalue weighted by molar-refractivity contribution is -0.384. The number of nitro groups is 1. The first-order chi connectivity index (χ1) is 13.4. The summed E-state index contributed by atoms with van der Waals surface area (Å²) in [5.41, 5.74) is 0.367. The molecule has 3 atom stereocenters. The molecule has 0 radical (unpaired) electrons. The molecule has 9 nitrogen and oxygen atoms in total. The van der Waals surface area contributed by atoms with E-state index in [9.17, 15) is 20.0 Å². The lowest BCUT2D eigenvalue weighted by Gasteiger charge is -2.48. The number of anilines is 1. The molecule has 0 aromatic carbocycles. The zero-order valence-corrected chi connectivity index (χ0v) is 19.0. The van der Waals surface area contributed by atoms with E-state index in [4.69, 9.17) is 4.43 Å². The Balaban J connectivity index is 2.39. The Morgan fingerprint density at radius 1 is 1.45 bits per heavy atom. The number of amides is 1. The fraction of sp³-hybridized carbons (Fsp3) is 0.684. The fourth-order valence-electron chi connectivity index (χ4n) is 3.46. The van der Waals surface area contributed by atoms with Gasteiger partial charge in [0.2, 0.25) is 0 Å². The minimum atomic E-state index is -2.14. The van der Waals surface area contributed by atoms with Crippen molar-refractivity contribution in [3.05, 3.63) is 28.6 Å². The third kappa shape index (κ3) is 5.24. The van der Waals surface area contributed by atoms with Crippen LogP contribution in [0.5, 0.6) is 0 Å². The molecule has 1 amide bonds. The number of carboxylic acid groups (broad SMARTS) is 1. The van der Waals surface area contributed by atoms with Gasteiger partial charge in [0.15, 0.2) is 8.32 Å². The van der Waals surface area contributed by atoms with Crippen LogP contribution in [0.15, 0.2) is 18.5 Å². The van der Waals surface area contributed by atoms with Gasteiger partial charge in [-0.25, -0.2) is 4.79 Å². The lowest BCUT2D eigenvalue weighted by Crippen LogP contribution is -2.63. The van der Waals surface area contributed by atoms with E-state index in [0.717, 1.165) is 6.42 Å². The zero-order chi connectivity index (χ0) is 22.0. The van der Waals surface area contributed by atoms with Crippen LogP contribution < -0.4 is 10.2 Å². The summed E-state index contributed by atoms with van der Waals surface area (Å²) in [7, 11) is -2.14. The van der Waals surface area contributed by atoms with Gasteiger partial charge in [0, 0.05) is 25.2 Å². The third-order valence-electron chi connectivity index (χ3n) is 6.12. The highest BCUT2D eigenvalue weighted by Crippen LogP contribution is 2.40. The summed E-state index contributed by atoms with van der Waals surface area (Å²) in [6.45, 7) is 13.6. The number of carbonyl (C=O) groups is 1. The minimum absolute atomic E-state index is 0.0138. The first-order valence-corrected chi connectivity index (χ1v) is 12.8.